The SMILES string of the molecule is O=C(O)c1ccc(SC2CCCCC2)cc1Cl. The Hall–Kier alpha value is -0.670. The van der Waals surface area contributed by atoms with Gasteiger partial charge in [0.25, 0.3) is 0 Å². The summed E-state index contributed by atoms with van der Waals surface area (Å²) in [4.78, 5) is 11.9. The molecule has 0 atom stereocenters. The second-order valence-corrected chi connectivity index (χ2v) is 6.11. The molecule has 0 bridgehead atoms. The van der Waals surface area contributed by atoms with Crippen LogP contribution >= 0.6 is 23.4 Å². The Labute approximate surface area is 110 Å². The molecule has 2 rings (SSSR count). The molecule has 1 fully saturated rings. The average Bonchev–Trinajstić information content (AvgIpc) is 2.30. The maximum absolute atomic E-state index is 10.8. The molecule has 1 saturated carbocycles. The zero-order valence-electron chi connectivity index (χ0n) is 9.49. The first-order chi connectivity index (χ1) is 8.16. The fourth-order valence-electron chi connectivity index (χ4n) is 2.12. The quantitative estimate of drug-likeness (QED) is 0.881. The molecule has 1 aromatic rings. The maximum Gasteiger partial charge on any atom is 0.337 e. The molecule has 0 aliphatic heterocycles. The van der Waals surface area contributed by atoms with Gasteiger partial charge in [-0.25, -0.2) is 4.79 Å². The predicted octanol–water partition coefficient (Wildman–Crippen LogP) is 4.46. The Balaban J connectivity index is 2.06. The van der Waals surface area contributed by atoms with Gasteiger partial charge in [0.2, 0.25) is 0 Å². The van der Waals surface area contributed by atoms with E-state index in [1.54, 1.807) is 12.1 Å². The van der Waals surface area contributed by atoms with Crippen LogP contribution in [0.4, 0.5) is 0 Å². The first-order valence-corrected chi connectivity index (χ1v) is 7.12. The molecule has 4 heteroatoms. The van der Waals surface area contributed by atoms with Gasteiger partial charge in [-0.3, -0.25) is 0 Å². The lowest BCUT2D eigenvalue weighted by Gasteiger charge is -2.21. The van der Waals surface area contributed by atoms with Gasteiger partial charge >= 0.3 is 5.97 Å². The van der Waals surface area contributed by atoms with E-state index in [-0.39, 0.29) is 5.56 Å². The van der Waals surface area contributed by atoms with Crippen LogP contribution in [0, 0.1) is 0 Å². The smallest absolute Gasteiger partial charge is 0.337 e. The fraction of sp³-hybridized carbons (Fsp3) is 0.462. The number of benzene rings is 1. The summed E-state index contributed by atoms with van der Waals surface area (Å²) in [5, 5.41) is 9.88. The van der Waals surface area contributed by atoms with E-state index in [1.807, 2.05) is 17.8 Å². The second kappa shape index (κ2) is 5.78. The molecule has 0 heterocycles. The topological polar surface area (TPSA) is 37.3 Å². The largest absolute Gasteiger partial charge is 0.478 e. The van der Waals surface area contributed by atoms with E-state index in [0.717, 1.165) is 4.90 Å². The summed E-state index contributed by atoms with van der Waals surface area (Å²) >= 11 is 7.77. The number of aromatic carboxylic acids is 1. The number of carboxylic acid groups (broad SMARTS) is 1. The zero-order chi connectivity index (χ0) is 12.3. The van der Waals surface area contributed by atoms with Crippen LogP contribution in [0.15, 0.2) is 23.1 Å². The lowest BCUT2D eigenvalue weighted by molar-refractivity contribution is 0.0697. The van der Waals surface area contributed by atoms with Gasteiger partial charge < -0.3 is 5.11 Å². The molecule has 17 heavy (non-hydrogen) atoms. The minimum atomic E-state index is -0.968. The lowest BCUT2D eigenvalue weighted by atomic mass is 10.0. The Morgan fingerprint density at radius 3 is 2.59 bits per heavy atom. The molecule has 0 amide bonds. The lowest BCUT2D eigenvalue weighted by Crippen LogP contribution is -2.07. The van der Waals surface area contributed by atoms with Crippen LogP contribution in [-0.4, -0.2) is 16.3 Å². The van der Waals surface area contributed by atoms with Crippen molar-refractivity contribution in [3.63, 3.8) is 0 Å². The highest BCUT2D eigenvalue weighted by Gasteiger charge is 2.16. The van der Waals surface area contributed by atoms with E-state index in [1.165, 1.54) is 32.1 Å². The third-order valence-corrected chi connectivity index (χ3v) is 4.67. The molecule has 0 spiro atoms. The van der Waals surface area contributed by atoms with Gasteiger partial charge in [0.15, 0.2) is 0 Å². The van der Waals surface area contributed by atoms with Crippen molar-refractivity contribution in [3.05, 3.63) is 28.8 Å². The van der Waals surface area contributed by atoms with Crippen LogP contribution in [0.25, 0.3) is 0 Å². The zero-order valence-corrected chi connectivity index (χ0v) is 11.1. The fourth-order valence-corrected chi connectivity index (χ4v) is 3.73. The maximum atomic E-state index is 10.8. The van der Waals surface area contributed by atoms with E-state index < -0.39 is 5.97 Å². The number of carboxylic acids is 1. The van der Waals surface area contributed by atoms with Crippen LogP contribution in [0.1, 0.15) is 42.5 Å². The molecule has 1 aliphatic carbocycles. The van der Waals surface area contributed by atoms with Crippen molar-refractivity contribution >= 4 is 29.3 Å². The van der Waals surface area contributed by atoms with Crippen LogP contribution in [0.3, 0.4) is 0 Å². The molecule has 1 aliphatic rings. The normalized spacial score (nSPS) is 17.0. The van der Waals surface area contributed by atoms with Gasteiger partial charge in [-0.1, -0.05) is 30.9 Å². The van der Waals surface area contributed by atoms with Crippen LogP contribution in [0.5, 0.6) is 0 Å². The number of rotatable bonds is 3. The van der Waals surface area contributed by atoms with E-state index in [9.17, 15) is 4.79 Å². The minimum absolute atomic E-state index is 0.180. The van der Waals surface area contributed by atoms with Gasteiger partial charge in [-0.2, -0.15) is 0 Å². The molecular formula is C13H15ClO2S. The summed E-state index contributed by atoms with van der Waals surface area (Å²) in [6.45, 7) is 0. The number of carbonyl (C=O) groups is 1. The summed E-state index contributed by atoms with van der Waals surface area (Å²) in [5.41, 5.74) is 0.180. The summed E-state index contributed by atoms with van der Waals surface area (Å²) < 4.78 is 0. The van der Waals surface area contributed by atoms with E-state index >= 15 is 0 Å². The molecule has 2 nitrogen and oxygen atoms in total. The highest BCUT2D eigenvalue weighted by Crippen LogP contribution is 2.35. The Bertz CT molecular complexity index is 414. The predicted molar refractivity (Wildman–Crippen MR) is 71.1 cm³/mol. The van der Waals surface area contributed by atoms with Crippen molar-refractivity contribution in [2.24, 2.45) is 0 Å². The molecule has 0 radical (unpaired) electrons. The van der Waals surface area contributed by atoms with Crippen molar-refractivity contribution in [2.45, 2.75) is 42.2 Å². The van der Waals surface area contributed by atoms with Crippen molar-refractivity contribution in [2.75, 3.05) is 0 Å². The van der Waals surface area contributed by atoms with Crippen molar-refractivity contribution in [1.82, 2.24) is 0 Å². The standard InChI is InChI=1S/C13H15ClO2S/c14-12-8-10(6-7-11(12)13(15)16)17-9-4-2-1-3-5-9/h6-9H,1-5H2,(H,15,16). The molecule has 1 aromatic carbocycles. The average molecular weight is 271 g/mol. The summed E-state index contributed by atoms with van der Waals surface area (Å²) in [6, 6.07) is 5.22. The summed E-state index contributed by atoms with van der Waals surface area (Å²) in [5.74, 6) is -0.968. The Morgan fingerprint density at radius 2 is 2.00 bits per heavy atom. The Kier molecular flexibility index (Phi) is 4.35. The monoisotopic (exact) mass is 270 g/mol. The molecule has 1 N–H and O–H groups in total. The number of hydrogen-bond acceptors (Lipinski definition) is 2. The van der Waals surface area contributed by atoms with E-state index in [2.05, 4.69) is 0 Å². The van der Waals surface area contributed by atoms with Crippen molar-refractivity contribution < 1.29 is 9.90 Å². The van der Waals surface area contributed by atoms with E-state index in [0.29, 0.717) is 10.3 Å². The highest BCUT2D eigenvalue weighted by molar-refractivity contribution is 8.00. The number of thioether (sulfide) groups is 1. The Morgan fingerprint density at radius 1 is 1.29 bits per heavy atom. The van der Waals surface area contributed by atoms with Gasteiger partial charge in [-0.05, 0) is 31.0 Å². The molecule has 92 valence electrons. The van der Waals surface area contributed by atoms with Gasteiger partial charge in [0.1, 0.15) is 0 Å². The molecular weight excluding hydrogens is 256 g/mol. The van der Waals surface area contributed by atoms with Crippen molar-refractivity contribution in [1.29, 1.82) is 0 Å². The third-order valence-electron chi connectivity index (χ3n) is 3.03. The van der Waals surface area contributed by atoms with Gasteiger partial charge in [0.05, 0.1) is 10.6 Å². The first-order valence-electron chi connectivity index (χ1n) is 5.86. The van der Waals surface area contributed by atoms with Gasteiger partial charge in [-0.15, -0.1) is 11.8 Å². The molecule has 0 aromatic heterocycles. The first kappa shape index (κ1) is 12.8. The van der Waals surface area contributed by atoms with Crippen molar-refractivity contribution in [3.8, 4) is 0 Å². The number of hydrogen-bond donors (Lipinski definition) is 1. The second-order valence-electron chi connectivity index (χ2n) is 4.32. The third kappa shape index (κ3) is 3.39. The molecule has 0 unspecified atom stereocenters. The highest BCUT2D eigenvalue weighted by atomic mass is 35.5. The van der Waals surface area contributed by atoms with Gasteiger partial charge in [0, 0.05) is 10.1 Å². The van der Waals surface area contributed by atoms with Crippen LogP contribution in [-0.2, 0) is 0 Å². The summed E-state index contributed by atoms with van der Waals surface area (Å²) in [7, 11) is 0. The number of halogens is 1. The summed E-state index contributed by atoms with van der Waals surface area (Å²) in [6.07, 6.45) is 6.46. The minimum Gasteiger partial charge on any atom is -0.478 e. The van der Waals surface area contributed by atoms with Crippen LogP contribution in [0.2, 0.25) is 5.02 Å². The van der Waals surface area contributed by atoms with E-state index in [4.69, 9.17) is 16.7 Å². The molecule has 0 saturated heterocycles. The van der Waals surface area contributed by atoms with Crippen LogP contribution < -0.4 is 0 Å².